The molecular weight excluding hydrogens is 282 g/mol. The van der Waals surface area contributed by atoms with Crippen LogP contribution >= 0.6 is 11.3 Å². The molecule has 21 heavy (non-hydrogen) atoms. The van der Waals surface area contributed by atoms with Crippen LogP contribution in [0.3, 0.4) is 0 Å². The minimum atomic E-state index is 0.645. The molecule has 114 valence electrons. The lowest BCUT2D eigenvalue weighted by atomic mass is 10.1. The van der Waals surface area contributed by atoms with Crippen molar-refractivity contribution in [3.05, 3.63) is 46.2 Å². The average Bonchev–Trinajstić information content (AvgIpc) is 3.04. The molecule has 0 saturated heterocycles. The van der Waals surface area contributed by atoms with E-state index in [4.69, 9.17) is 9.47 Å². The highest BCUT2D eigenvalue weighted by Crippen LogP contribution is 2.28. The van der Waals surface area contributed by atoms with Crippen molar-refractivity contribution in [2.24, 2.45) is 0 Å². The van der Waals surface area contributed by atoms with Crippen molar-refractivity contribution in [3.63, 3.8) is 0 Å². The topological polar surface area (TPSA) is 30.5 Å². The predicted molar refractivity (Wildman–Crippen MR) is 88.8 cm³/mol. The van der Waals surface area contributed by atoms with Crippen molar-refractivity contribution in [1.82, 2.24) is 5.32 Å². The molecule has 0 radical (unpaired) electrons. The van der Waals surface area contributed by atoms with E-state index in [0.29, 0.717) is 6.61 Å². The maximum Gasteiger partial charge on any atom is 0.161 e. The van der Waals surface area contributed by atoms with E-state index in [1.54, 1.807) is 18.4 Å². The van der Waals surface area contributed by atoms with Crippen LogP contribution in [0.5, 0.6) is 11.5 Å². The van der Waals surface area contributed by atoms with Gasteiger partial charge in [0.15, 0.2) is 11.5 Å². The van der Waals surface area contributed by atoms with E-state index < -0.39 is 0 Å². The van der Waals surface area contributed by atoms with Gasteiger partial charge >= 0.3 is 0 Å². The van der Waals surface area contributed by atoms with Gasteiger partial charge in [0.2, 0.25) is 0 Å². The zero-order valence-electron chi connectivity index (χ0n) is 12.7. The molecule has 0 aliphatic rings. The first-order chi connectivity index (χ1) is 10.3. The van der Waals surface area contributed by atoms with E-state index in [1.165, 1.54) is 10.4 Å². The molecule has 2 aromatic rings. The Morgan fingerprint density at radius 3 is 2.76 bits per heavy atom. The van der Waals surface area contributed by atoms with Crippen LogP contribution in [-0.2, 0) is 12.8 Å². The summed E-state index contributed by atoms with van der Waals surface area (Å²) in [5.41, 5.74) is 1.26. The molecule has 0 aliphatic heterocycles. The van der Waals surface area contributed by atoms with E-state index in [1.807, 2.05) is 12.1 Å². The summed E-state index contributed by atoms with van der Waals surface area (Å²) >= 11 is 1.80. The van der Waals surface area contributed by atoms with Crippen LogP contribution in [-0.4, -0.2) is 26.8 Å². The summed E-state index contributed by atoms with van der Waals surface area (Å²) in [6, 6.07) is 10.4. The highest BCUT2D eigenvalue weighted by atomic mass is 32.1. The second-order valence-corrected chi connectivity index (χ2v) is 5.80. The molecule has 0 fully saturated rings. The second-order valence-electron chi connectivity index (χ2n) is 4.77. The first kappa shape index (κ1) is 15.9. The molecule has 0 aliphatic carbocycles. The molecular formula is C17H23NO2S. The molecule has 3 nitrogen and oxygen atoms in total. The van der Waals surface area contributed by atoms with Gasteiger partial charge in [0.25, 0.3) is 0 Å². The van der Waals surface area contributed by atoms with Crippen LogP contribution in [0.2, 0.25) is 0 Å². The van der Waals surface area contributed by atoms with Gasteiger partial charge in [-0.3, -0.25) is 0 Å². The van der Waals surface area contributed by atoms with Gasteiger partial charge in [-0.15, -0.1) is 11.3 Å². The molecule has 0 atom stereocenters. The summed E-state index contributed by atoms with van der Waals surface area (Å²) in [6.07, 6.45) is 2.08. The normalized spacial score (nSPS) is 10.6. The lowest BCUT2D eigenvalue weighted by Gasteiger charge is -2.12. The monoisotopic (exact) mass is 305 g/mol. The predicted octanol–water partition coefficient (Wildman–Crippen LogP) is 3.53. The van der Waals surface area contributed by atoms with E-state index in [9.17, 15) is 0 Å². The van der Waals surface area contributed by atoms with Crippen molar-refractivity contribution in [3.8, 4) is 11.5 Å². The Labute approximate surface area is 130 Å². The number of rotatable bonds is 9. The van der Waals surface area contributed by atoms with Crippen LogP contribution in [0.1, 0.15) is 17.4 Å². The largest absolute Gasteiger partial charge is 0.493 e. The Balaban J connectivity index is 1.68. The molecule has 4 heteroatoms. The molecule has 0 bridgehead atoms. The quantitative estimate of drug-likeness (QED) is 0.719. The third-order valence-electron chi connectivity index (χ3n) is 3.30. The van der Waals surface area contributed by atoms with Crippen LogP contribution in [0.4, 0.5) is 0 Å². The summed E-state index contributed by atoms with van der Waals surface area (Å²) in [4.78, 5) is 1.42. The molecule has 2 rings (SSSR count). The maximum atomic E-state index is 5.78. The first-order valence-electron chi connectivity index (χ1n) is 7.36. The van der Waals surface area contributed by atoms with Gasteiger partial charge in [-0.05, 0) is 42.0 Å². The van der Waals surface area contributed by atoms with Gasteiger partial charge in [0, 0.05) is 18.0 Å². The van der Waals surface area contributed by atoms with E-state index in [0.717, 1.165) is 37.4 Å². The molecule has 0 unspecified atom stereocenters. The second kappa shape index (κ2) is 8.70. The van der Waals surface area contributed by atoms with E-state index in [2.05, 4.69) is 35.8 Å². The number of hydrogen-bond acceptors (Lipinski definition) is 4. The molecule has 0 saturated carbocycles. The maximum absolute atomic E-state index is 5.78. The number of benzene rings is 1. The smallest absolute Gasteiger partial charge is 0.161 e. The number of aryl methyl sites for hydroxylation is 1. The van der Waals surface area contributed by atoms with Crippen LogP contribution in [0.25, 0.3) is 0 Å². The van der Waals surface area contributed by atoms with Crippen LogP contribution in [0, 0.1) is 0 Å². The SMILES string of the molecule is CCc1ccc(OCCNCCc2cccs2)c(OC)c1. The van der Waals surface area contributed by atoms with Crippen LogP contribution < -0.4 is 14.8 Å². The van der Waals surface area contributed by atoms with Gasteiger partial charge in [-0.2, -0.15) is 0 Å². The lowest BCUT2D eigenvalue weighted by molar-refractivity contribution is 0.292. The highest BCUT2D eigenvalue weighted by Gasteiger charge is 2.04. The Bertz CT molecular complexity index is 526. The Morgan fingerprint density at radius 1 is 1.14 bits per heavy atom. The van der Waals surface area contributed by atoms with E-state index >= 15 is 0 Å². The third kappa shape index (κ3) is 5.06. The summed E-state index contributed by atoms with van der Waals surface area (Å²) in [6.45, 7) is 4.60. The van der Waals surface area contributed by atoms with Crippen molar-refractivity contribution >= 4 is 11.3 Å². The third-order valence-corrected chi connectivity index (χ3v) is 4.24. The zero-order chi connectivity index (χ0) is 14.9. The molecule has 1 aromatic heterocycles. The van der Waals surface area contributed by atoms with Gasteiger partial charge in [-0.25, -0.2) is 0 Å². The summed E-state index contributed by atoms with van der Waals surface area (Å²) < 4.78 is 11.2. The number of ether oxygens (including phenoxy) is 2. The fourth-order valence-electron chi connectivity index (χ4n) is 2.08. The highest BCUT2D eigenvalue weighted by molar-refractivity contribution is 7.09. The minimum absolute atomic E-state index is 0.645. The number of hydrogen-bond donors (Lipinski definition) is 1. The Morgan fingerprint density at radius 2 is 2.05 bits per heavy atom. The van der Waals surface area contributed by atoms with Crippen molar-refractivity contribution in [2.75, 3.05) is 26.8 Å². The zero-order valence-corrected chi connectivity index (χ0v) is 13.5. The fourth-order valence-corrected chi connectivity index (χ4v) is 2.78. The van der Waals surface area contributed by atoms with Gasteiger partial charge in [0.05, 0.1) is 7.11 Å². The average molecular weight is 305 g/mol. The number of methoxy groups -OCH3 is 1. The molecule has 1 heterocycles. The van der Waals surface area contributed by atoms with Crippen molar-refractivity contribution in [1.29, 1.82) is 0 Å². The summed E-state index contributed by atoms with van der Waals surface area (Å²) in [5, 5.41) is 5.51. The number of nitrogens with one attached hydrogen (secondary N) is 1. The molecule has 0 spiro atoms. The molecule has 1 aromatic carbocycles. The first-order valence-corrected chi connectivity index (χ1v) is 8.24. The molecule has 0 amide bonds. The summed E-state index contributed by atoms with van der Waals surface area (Å²) in [5.74, 6) is 1.63. The minimum Gasteiger partial charge on any atom is -0.493 e. The Kier molecular flexibility index (Phi) is 6.57. The van der Waals surface area contributed by atoms with Crippen molar-refractivity contribution < 1.29 is 9.47 Å². The summed E-state index contributed by atoms with van der Waals surface area (Å²) in [7, 11) is 1.68. The van der Waals surface area contributed by atoms with Gasteiger partial charge in [-0.1, -0.05) is 19.1 Å². The standard InChI is InChI=1S/C17H23NO2S/c1-3-14-6-7-16(17(13-14)19-2)20-11-10-18-9-8-15-5-4-12-21-15/h4-7,12-13,18H,3,8-11H2,1-2H3. The fraction of sp³-hybridized carbons (Fsp3) is 0.412. The van der Waals surface area contributed by atoms with Gasteiger partial charge < -0.3 is 14.8 Å². The lowest BCUT2D eigenvalue weighted by Crippen LogP contribution is -2.23. The number of thiophene rings is 1. The molecule has 1 N–H and O–H groups in total. The van der Waals surface area contributed by atoms with E-state index in [-0.39, 0.29) is 0 Å². The van der Waals surface area contributed by atoms with Gasteiger partial charge in [0.1, 0.15) is 6.61 Å². The van der Waals surface area contributed by atoms with Crippen LogP contribution in [0.15, 0.2) is 35.7 Å². The van der Waals surface area contributed by atoms with Crippen molar-refractivity contribution in [2.45, 2.75) is 19.8 Å². The Hall–Kier alpha value is -1.52.